The molecular weight excluding hydrogens is 669 g/mol. The van der Waals surface area contributed by atoms with Gasteiger partial charge in [-0.2, -0.15) is 0 Å². The van der Waals surface area contributed by atoms with Crippen LogP contribution in [0.1, 0.15) is 226 Å². The maximum atomic E-state index is 12.5. The van der Waals surface area contributed by atoms with Crippen molar-refractivity contribution in [3.8, 4) is 0 Å². The minimum Gasteiger partial charge on any atom is -0.466 e. The first-order chi connectivity index (χ1) is 26.5. The predicted octanol–water partition coefficient (Wildman–Crippen LogP) is 13.1. The quantitative estimate of drug-likeness (QED) is 0.218. The van der Waals surface area contributed by atoms with E-state index < -0.39 is 0 Å². The molecule has 6 heteroatoms. The third-order valence-electron chi connectivity index (χ3n) is 12.9. The average molecular weight is 761 g/mol. The highest BCUT2D eigenvalue weighted by Gasteiger charge is 2.17. The first-order valence-corrected chi connectivity index (χ1v) is 24.2. The molecule has 0 spiro atoms. The number of cyclic esters (lactones) is 2. The van der Waals surface area contributed by atoms with Crippen LogP contribution in [0.3, 0.4) is 0 Å². The second-order valence-electron chi connectivity index (χ2n) is 17.9. The molecule has 2 rings (SSSR count). The number of hydrogen-bond acceptors (Lipinski definition) is 6. The number of ether oxygens (including phenoxy) is 2. The van der Waals surface area contributed by atoms with Gasteiger partial charge in [-0.05, 0) is 63.5 Å². The van der Waals surface area contributed by atoms with E-state index in [2.05, 4.69) is 30.7 Å². The number of piperazine rings is 1. The highest BCUT2D eigenvalue weighted by atomic mass is 16.5. The molecule has 2 atom stereocenters. The van der Waals surface area contributed by atoms with Crippen molar-refractivity contribution in [3.63, 3.8) is 0 Å². The van der Waals surface area contributed by atoms with Crippen molar-refractivity contribution in [2.45, 2.75) is 226 Å². The molecule has 2 fully saturated rings. The first kappa shape index (κ1) is 49.0. The van der Waals surface area contributed by atoms with Gasteiger partial charge < -0.3 is 19.3 Å². The van der Waals surface area contributed by atoms with Gasteiger partial charge in [-0.25, -0.2) is 0 Å². The Labute approximate surface area is 336 Å². The first-order valence-electron chi connectivity index (χ1n) is 24.2. The zero-order valence-corrected chi connectivity index (χ0v) is 36.5. The van der Waals surface area contributed by atoms with Gasteiger partial charge in [0.25, 0.3) is 0 Å². The molecule has 318 valence electrons. The highest BCUT2D eigenvalue weighted by molar-refractivity contribution is 5.69. The molecule has 2 unspecified atom stereocenters. The number of nitrogens with zero attached hydrogens (tertiary/aromatic N) is 2. The van der Waals surface area contributed by atoms with Gasteiger partial charge in [-0.3, -0.25) is 9.59 Å². The number of carbonyl (C=O) groups is 2. The molecule has 0 aromatic heterocycles. The highest BCUT2D eigenvalue weighted by Crippen LogP contribution is 2.25. The van der Waals surface area contributed by atoms with Gasteiger partial charge in [-0.15, -0.1) is 0 Å². The van der Waals surface area contributed by atoms with Crippen molar-refractivity contribution < 1.29 is 19.1 Å². The maximum Gasteiger partial charge on any atom is 0.305 e. The second-order valence-corrected chi connectivity index (χ2v) is 17.9. The largest absolute Gasteiger partial charge is 0.466 e. The molecule has 2 saturated heterocycles. The van der Waals surface area contributed by atoms with Crippen LogP contribution in [0.4, 0.5) is 0 Å². The second kappa shape index (κ2) is 35.1. The summed E-state index contributed by atoms with van der Waals surface area (Å²) in [6.45, 7) is 11.9. The molecule has 0 radical (unpaired) electrons. The van der Waals surface area contributed by atoms with Crippen LogP contribution in [0, 0.1) is 17.8 Å². The van der Waals surface area contributed by atoms with E-state index in [-0.39, 0.29) is 11.9 Å². The number of carbonyl (C=O) groups excluding carboxylic acids is 2. The monoisotopic (exact) mass is 761 g/mol. The lowest BCUT2D eigenvalue weighted by Gasteiger charge is -2.33. The zero-order valence-electron chi connectivity index (χ0n) is 36.5. The number of hydrogen-bond donors (Lipinski definition) is 0. The fourth-order valence-electron chi connectivity index (χ4n) is 8.94. The fourth-order valence-corrected chi connectivity index (χ4v) is 8.94. The van der Waals surface area contributed by atoms with Crippen LogP contribution in [0.5, 0.6) is 0 Å². The van der Waals surface area contributed by atoms with Crippen LogP contribution >= 0.6 is 0 Å². The SMILES string of the molecule is CCCCC1CCCCCCC(CCCC)CCOC(=O)CCCCCCCCCC(CCN2CCN(C)CC2)CCCCCCCCCC(=O)OCC1. The fraction of sp³-hybridized carbons (Fsp3) is 0.958. The van der Waals surface area contributed by atoms with Crippen molar-refractivity contribution in [2.75, 3.05) is 53.0 Å². The van der Waals surface area contributed by atoms with Crippen molar-refractivity contribution in [1.29, 1.82) is 0 Å². The molecule has 0 aliphatic carbocycles. The van der Waals surface area contributed by atoms with E-state index in [0.717, 1.165) is 44.4 Å². The lowest BCUT2D eigenvalue weighted by atomic mass is 9.90. The predicted molar refractivity (Wildman–Crippen MR) is 230 cm³/mol. The third kappa shape index (κ3) is 28.3. The van der Waals surface area contributed by atoms with Crippen LogP contribution in [-0.4, -0.2) is 74.7 Å². The Morgan fingerprint density at radius 1 is 0.463 bits per heavy atom. The summed E-state index contributed by atoms with van der Waals surface area (Å²) in [6, 6.07) is 0. The molecule has 2 heterocycles. The summed E-state index contributed by atoms with van der Waals surface area (Å²) in [4.78, 5) is 30.1. The van der Waals surface area contributed by atoms with Crippen LogP contribution in [0.25, 0.3) is 0 Å². The average Bonchev–Trinajstić information content (AvgIpc) is 3.17. The van der Waals surface area contributed by atoms with E-state index in [1.54, 1.807) is 0 Å². The number of unbranched alkanes of at least 4 members (excludes halogenated alkanes) is 2. The zero-order chi connectivity index (χ0) is 38.7. The molecular formula is C48H92N2O4. The summed E-state index contributed by atoms with van der Waals surface area (Å²) < 4.78 is 11.5. The molecule has 0 bridgehead atoms. The number of rotatable bonds is 9. The van der Waals surface area contributed by atoms with Crippen LogP contribution in [-0.2, 0) is 19.1 Å². The summed E-state index contributed by atoms with van der Waals surface area (Å²) in [6.07, 6.45) is 40.2. The number of likely N-dealkylation sites (N-methyl/N-ethyl adjacent to an activating group) is 1. The lowest BCUT2D eigenvalue weighted by Crippen LogP contribution is -2.44. The van der Waals surface area contributed by atoms with E-state index in [1.165, 1.54) is 193 Å². The van der Waals surface area contributed by atoms with Crippen molar-refractivity contribution in [2.24, 2.45) is 17.8 Å². The third-order valence-corrected chi connectivity index (χ3v) is 12.9. The van der Waals surface area contributed by atoms with E-state index in [9.17, 15) is 9.59 Å². The van der Waals surface area contributed by atoms with Crippen molar-refractivity contribution in [3.05, 3.63) is 0 Å². The van der Waals surface area contributed by atoms with Crippen LogP contribution < -0.4 is 0 Å². The molecule has 54 heavy (non-hydrogen) atoms. The Hall–Kier alpha value is -1.14. The topological polar surface area (TPSA) is 59.1 Å². The van der Waals surface area contributed by atoms with Crippen molar-refractivity contribution >= 4 is 11.9 Å². The Morgan fingerprint density at radius 2 is 0.815 bits per heavy atom. The number of esters is 2. The van der Waals surface area contributed by atoms with Gasteiger partial charge in [0, 0.05) is 39.0 Å². The van der Waals surface area contributed by atoms with Gasteiger partial charge in [0.1, 0.15) is 0 Å². The normalized spacial score (nSPS) is 26.2. The summed E-state index contributed by atoms with van der Waals surface area (Å²) in [5.41, 5.74) is 0. The molecule has 6 nitrogen and oxygen atoms in total. The Kier molecular flexibility index (Phi) is 31.8. The minimum atomic E-state index is 0.0203. The van der Waals surface area contributed by atoms with E-state index >= 15 is 0 Å². The standard InChI is InChI=1S/C48H92N2O4/c1-4-6-26-45-30-22-18-19-23-31-46(27-7-5-2)36-43-54-48(52)33-25-17-13-9-11-15-21-29-44(34-37-50-40-38-49(3)39-41-50)28-20-14-10-8-12-16-24-32-47(51)53-42-35-45/h44-46H,4-43H2,1-3H3. The minimum absolute atomic E-state index is 0.0203. The summed E-state index contributed by atoms with van der Waals surface area (Å²) >= 11 is 0. The molecule has 0 N–H and O–H groups in total. The van der Waals surface area contributed by atoms with E-state index in [0.29, 0.717) is 37.9 Å². The van der Waals surface area contributed by atoms with E-state index in [1.807, 2.05) is 0 Å². The van der Waals surface area contributed by atoms with E-state index in [4.69, 9.17) is 9.47 Å². The van der Waals surface area contributed by atoms with Crippen molar-refractivity contribution in [1.82, 2.24) is 9.80 Å². The van der Waals surface area contributed by atoms with Gasteiger partial charge in [0.15, 0.2) is 0 Å². The molecule has 2 aliphatic heterocycles. The summed E-state index contributed by atoms with van der Waals surface area (Å²) in [5.74, 6) is 2.28. The maximum absolute atomic E-state index is 12.5. The lowest BCUT2D eigenvalue weighted by molar-refractivity contribution is -0.145. The van der Waals surface area contributed by atoms with Crippen LogP contribution in [0.15, 0.2) is 0 Å². The molecule has 0 aromatic rings. The molecule has 2 aliphatic rings. The Morgan fingerprint density at radius 3 is 1.20 bits per heavy atom. The Bertz CT molecular complexity index is 804. The van der Waals surface area contributed by atoms with Gasteiger partial charge in [0.2, 0.25) is 0 Å². The van der Waals surface area contributed by atoms with Crippen LogP contribution in [0.2, 0.25) is 0 Å². The van der Waals surface area contributed by atoms with Gasteiger partial charge >= 0.3 is 11.9 Å². The summed E-state index contributed by atoms with van der Waals surface area (Å²) in [7, 11) is 2.25. The molecule has 0 amide bonds. The molecule has 0 aromatic carbocycles. The summed E-state index contributed by atoms with van der Waals surface area (Å²) in [5, 5.41) is 0. The molecule has 0 saturated carbocycles. The smallest absolute Gasteiger partial charge is 0.305 e. The van der Waals surface area contributed by atoms with Gasteiger partial charge in [-0.1, -0.05) is 181 Å². The van der Waals surface area contributed by atoms with Gasteiger partial charge in [0.05, 0.1) is 13.2 Å². The Balaban J connectivity index is 1.80.